The molecule has 3 heterocycles. The average molecular weight is 384 g/mol. The van der Waals surface area contributed by atoms with Crippen LogP contribution in [0.5, 0.6) is 0 Å². The Bertz CT molecular complexity index is 783. The quantitative estimate of drug-likeness (QED) is 0.759. The zero-order valence-corrected chi connectivity index (χ0v) is 15.6. The van der Waals surface area contributed by atoms with Crippen molar-refractivity contribution in [1.82, 2.24) is 9.88 Å². The summed E-state index contributed by atoms with van der Waals surface area (Å²) in [4.78, 5) is 6.11. The number of fused-ring (bicyclic) bond motifs is 1. The Morgan fingerprint density at radius 1 is 1.31 bits per heavy atom. The maximum absolute atomic E-state index is 12.8. The molecule has 0 saturated carbocycles. The SMILES string of the molecule is CN1CCC[C@@H]1Cc1c([C@H]2CCOC2)[nH]c2ccc(SC(F)(F)F)cc12. The van der Waals surface area contributed by atoms with E-state index in [1.54, 1.807) is 18.2 Å². The number of halogens is 3. The Hall–Kier alpha value is -1.18. The van der Waals surface area contributed by atoms with E-state index in [-0.39, 0.29) is 16.7 Å². The number of alkyl halides is 3. The number of H-pyrrole nitrogens is 1. The van der Waals surface area contributed by atoms with Crippen LogP contribution in [0.4, 0.5) is 13.2 Å². The number of likely N-dealkylation sites (tertiary alicyclic amines) is 1. The molecule has 0 radical (unpaired) electrons. The normalized spacial score (nSPS) is 24.8. The van der Waals surface area contributed by atoms with Crippen molar-refractivity contribution in [2.24, 2.45) is 0 Å². The number of thioether (sulfide) groups is 1. The first kappa shape index (κ1) is 18.2. The van der Waals surface area contributed by atoms with Crippen LogP contribution in [0.2, 0.25) is 0 Å². The van der Waals surface area contributed by atoms with E-state index in [0.717, 1.165) is 49.0 Å². The van der Waals surface area contributed by atoms with Gasteiger partial charge in [0.25, 0.3) is 0 Å². The van der Waals surface area contributed by atoms with Gasteiger partial charge >= 0.3 is 5.51 Å². The minimum atomic E-state index is -4.27. The maximum Gasteiger partial charge on any atom is 0.446 e. The highest BCUT2D eigenvalue weighted by molar-refractivity contribution is 8.00. The molecule has 2 atom stereocenters. The smallest absolute Gasteiger partial charge is 0.381 e. The van der Waals surface area contributed by atoms with Gasteiger partial charge in [0.05, 0.1) is 6.61 Å². The monoisotopic (exact) mass is 384 g/mol. The number of nitrogens with one attached hydrogen (secondary N) is 1. The van der Waals surface area contributed by atoms with Gasteiger partial charge in [-0.25, -0.2) is 0 Å². The molecule has 0 bridgehead atoms. The van der Waals surface area contributed by atoms with Crippen LogP contribution in [-0.2, 0) is 11.2 Å². The Kier molecular flexibility index (Phi) is 4.96. The van der Waals surface area contributed by atoms with Crippen LogP contribution in [0.1, 0.15) is 36.4 Å². The molecule has 0 unspecified atom stereocenters. The molecule has 2 saturated heterocycles. The van der Waals surface area contributed by atoms with Crippen LogP contribution in [0.3, 0.4) is 0 Å². The third-order valence-corrected chi connectivity index (χ3v) is 6.31. The Labute approximate surface area is 155 Å². The third-order valence-electron chi connectivity index (χ3n) is 5.59. The number of hydrogen-bond acceptors (Lipinski definition) is 3. The lowest BCUT2D eigenvalue weighted by Crippen LogP contribution is -2.27. The molecule has 2 fully saturated rings. The predicted octanol–water partition coefficient (Wildman–Crippen LogP) is 4.92. The Morgan fingerprint density at radius 3 is 2.81 bits per heavy atom. The molecule has 26 heavy (non-hydrogen) atoms. The molecular formula is C19H23F3N2OS. The molecule has 1 aromatic heterocycles. The number of hydrogen-bond donors (Lipinski definition) is 1. The number of rotatable bonds is 4. The molecule has 142 valence electrons. The number of nitrogens with zero attached hydrogens (tertiary/aromatic N) is 1. The molecule has 3 nitrogen and oxygen atoms in total. The fourth-order valence-corrected chi connectivity index (χ4v) is 4.83. The first-order chi connectivity index (χ1) is 12.4. The van der Waals surface area contributed by atoms with Crippen LogP contribution < -0.4 is 0 Å². The van der Waals surface area contributed by atoms with Crippen LogP contribution in [-0.4, -0.2) is 48.2 Å². The lowest BCUT2D eigenvalue weighted by molar-refractivity contribution is -0.0328. The molecule has 1 N–H and O–H groups in total. The number of aromatic amines is 1. The van der Waals surface area contributed by atoms with Crippen molar-refractivity contribution in [3.8, 4) is 0 Å². The second-order valence-corrected chi connectivity index (χ2v) is 8.45. The summed E-state index contributed by atoms with van der Waals surface area (Å²) >= 11 is -0.0399. The molecule has 0 amide bonds. The maximum atomic E-state index is 12.8. The molecule has 2 aliphatic rings. The first-order valence-electron chi connectivity index (χ1n) is 9.09. The summed E-state index contributed by atoms with van der Waals surface area (Å²) in [5.74, 6) is 0.308. The van der Waals surface area contributed by atoms with Gasteiger partial charge < -0.3 is 14.6 Å². The molecule has 7 heteroatoms. The fourth-order valence-electron chi connectivity index (χ4n) is 4.25. The lowest BCUT2D eigenvalue weighted by atomic mass is 9.94. The molecule has 4 rings (SSSR count). The zero-order chi connectivity index (χ0) is 18.3. The third kappa shape index (κ3) is 3.75. The van der Waals surface area contributed by atoms with Crippen molar-refractivity contribution >= 4 is 22.7 Å². The van der Waals surface area contributed by atoms with E-state index in [9.17, 15) is 13.2 Å². The standard InChI is InChI=1S/C19H23F3N2OS/c1-24-7-2-3-13(24)9-16-15-10-14(26-19(20,21)22)4-5-17(15)23-18(16)12-6-8-25-11-12/h4-5,10,12-13,23H,2-3,6-9,11H2,1H3/t12-,13+/m0/s1. The second-order valence-electron chi connectivity index (χ2n) is 7.31. The van der Waals surface area contributed by atoms with Crippen molar-refractivity contribution < 1.29 is 17.9 Å². The van der Waals surface area contributed by atoms with Crippen molar-refractivity contribution in [2.45, 2.75) is 48.0 Å². The highest BCUT2D eigenvalue weighted by atomic mass is 32.2. The molecule has 2 aliphatic heterocycles. The minimum absolute atomic E-state index is 0.0399. The highest BCUT2D eigenvalue weighted by Gasteiger charge is 2.31. The topological polar surface area (TPSA) is 28.3 Å². The molecule has 0 aliphatic carbocycles. The van der Waals surface area contributed by atoms with Crippen molar-refractivity contribution in [3.63, 3.8) is 0 Å². The van der Waals surface area contributed by atoms with Gasteiger partial charge in [0, 0.05) is 40.1 Å². The predicted molar refractivity (Wildman–Crippen MR) is 97.7 cm³/mol. The van der Waals surface area contributed by atoms with Gasteiger partial charge in [-0.05, 0) is 74.8 Å². The number of aromatic nitrogens is 1. The van der Waals surface area contributed by atoms with Crippen LogP contribution in [0.15, 0.2) is 23.1 Å². The average Bonchev–Trinajstić information content (AvgIpc) is 3.28. The number of benzene rings is 1. The second kappa shape index (κ2) is 7.09. The summed E-state index contributed by atoms with van der Waals surface area (Å²) in [6.45, 7) is 2.52. The summed E-state index contributed by atoms with van der Waals surface area (Å²) in [6, 6.07) is 5.49. The Morgan fingerprint density at radius 2 is 2.15 bits per heavy atom. The number of ether oxygens (including phenoxy) is 1. The summed E-state index contributed by atoms with van der Waals surface area (Å²) in [7, 11) is 2.13. The summed E-state index contributed by atoms with van der Waals surface area (Å²) in [5.41, 5.74) is -1.00. The highest BCUT2D eigenvalue weighted by Crippen LogP contribution is 2.40. The van der Waals surface area contributed by atoms with Gasteiger partial charge in [-0.2, -0.15) is 13.2 Å². The van der Waals surface area contributed by atoms with Crippen LogP contribution in [0, 0.1) is 0 Å². The molecule has 0 spiro atoms. The summed E-state index contributed by atoms with van der Waals surface area (Å²) in [6.07, 6.45) is 4.16. The van der Waals surface area contributed by atoms with Crippen LogP contribution in [0.25, 0.3) is 10.9 Å². The van der Waals surface area contributed by atoms with E-state index in [4.69, 9.17) is 4.74 Å². The molecule has 2 aromatic rings. The fraction of sp³-hybridized carbons (Fsp3) is 0.579. The van der Waals surface area contributed by atoms with Gasteiger partial charge in [-0.3, -0.25) is 0 Å². The van der Waals surface area contributed by atoms with E-state index in [0.29, 0.717) is 18.6 Å². The van der Waals surface area contributed by atoms with Gasteiger partial charge in [0.15, 0.2) is 0 Å². The van der Waals surface area contributed by atoms with E-state index < -0.39 is 5.51 Å². The van der Waals surface area contributed by atoms with E-state index in [1.165, 1.54) is 12.0 Å². The lowest BCUT2D eigenvalue weighted by Gasteiger charge is -2.21. The van der Waals surface area contributed by atoms with Crippen molar-refractivity contribution in [3.05, 3.63) is 29.5 Å². The minimum Gasteiger partial charge on any atom is -0.381 e. The number of likely N-dealkylation sites (N-methyl/N-ethyl adjacent to an activating group) is 1. The van der Waals surface area contributed by atoms with Gasteiger partial charge in [0.2, 0.25) is 0 Å². The first-order valence-corrected chi connectivity index (χ1v) is 9.90. The summed E-state index contributed by atoms with van der Waals surface area (Å²) < 4.78 is 44.0. The van der Waals surface area contributed by atoms with Gasteiger partial charge in [-0.1, -0.05) is 0 Å². The largest absolute Gasteiger partial charge is 0.446 e. The van der Waals surface area contributed by atoms with E-state index >= 15 is 0 Å². The van der Waals surface area contributed by atoms with Crippen molar-refractivity contribution in [2.75, 3.05) is 26.8 Å². The van der Waals surface area contributed by atoms with Gasteiger partial charge in [0.1, 0.15) is 0 Å². The van der Waals surface area contributed by atoms with Gasteiger partial charge in [-0.15, -0.1) is 0 Å². The Balaban J connectivity index is 1.74. The van der Waals surface area contributed by atoms with E-state index in [1.807, 2.05) is 0 Å². The summed E-state index contributed by atoms with van der Waals surface area (Å²) in [5, 5.41) is 0.932. The van der Waals surface area contributed by atoms with E-state index in [2.05, 4.69) is 16.9 Å². The molecular weight excluding hydrogens is 361 g/mol. The zero-order valence-electron chi connectivity index (χ0n) is 14.7. The van der Waals surface area contributed by atoms with Crippen molar-refractivity contribution in [1.29, 1.82) is 0 Å². The van der Waals surface area contributed by atoms with Crippen LogP contribution >= 0.6 is 11.8 Å². The molecule has 1 aromatic carbocycles.